The number of carbonyl (C=O) groups excluding carboxylic acids is 1. The lowest BCUT2D eigenvalue weighted by atomic mass is 9.78. The molecule has 0 bridgehead atoms. The summed E-state index contributed by atoms with van der Waals surface area (Å²) in [6.45, 7) is 6.39. The first-order valence-corrected chi connectivity index (χ1v) is 8.15. The van der Waals surface area contributed by atoms with E-state index >= 15 is 0 Å². The van der Waals surface area contributed by atoms with Gasteiger partial charge in [-0.25, -0.2) is 0 Å². The molecule has 1 aromatic rings. The highest BCUT2D eigenvalue weighted by Crippen LogP contribution is 2.34. The number of nitrogens with two attached hydrogens (primary N) is 1. The van der Waals surface area contributed by atoms with Gasteiger partial charge in [-0.3, -0.25) is 4.79 Å². The third-order valence-corrected chi connectivity index (χ3v) is 4.65. The fraction of sp³-hybridized carbons (Fsp3) is 0.611. The van der Waals surface area contributed by atoms with Gasteiger partial charge >= 0.3 is 0 Å². The largest absolute Gasteiger partial charge is 0.399 e. The Morgan fingerprint density at radius 1 is 1.36 bits per heavy atom. The average Bonchev–Trinajstić information content (AvgIpc) is 2.46. The van der Waals surface area contributed by atoms with Crippen molar-refractivity contribution >= 4 is 24.0 Å². The van der Waals surface area contributed by atoms with Crippen LogP contribution in [-0.2, 0) is 11.2 Å². The molecule has 0 spiro atoms. The molecule has 1 heterocycles. The van der Waals surface area contributed by atoms with E-state index in [1.54, 1.807) is 0 Å². The number of piperidine rings is 1. The van der Waals surface area contributed by atoms with Crippen molar-refractivity contribution in [2.75, 3.05) is 18.8 Å². The van der Waals surface area contributed by atoms with Gasteiger partial charge in [0.15, 0.2) is 0 Å². The van der Waals surface area contributed by atoms with E-state index in [4.69, 9.17) is 5.73 Å². The normalized spacial score (nSPS) is 21.3. The number of benzene rings is 1. The second kappa shape index (κ2) is 8.42. The Balaban J connectivity index is 0.00000242. The molecule has 0 radical (unpaired) electrons. The van der Waals surface area contributed by atoms with Crippen LogP contribution in [-0.4, -0.2) is 23.9 Å². The minimum atomic E-state index is 0. The van der Waals surface area contributed by atoms with Gasteiger partial charge in [-0.15, -0.1) is 12.4 Å². The third kappa shape index (κ3) is 4.91. The molecule has 1 amide bonds. The zero-order valence-electron chi connectivity index (χ0n) is 13.8. The van der Waals surface area contributed by atoms with Gasteiger partial charge in [0.05, 0.1) is 0 Å². The van der Waals surface area contributed by atoms with E-state index in [1.807, 2.05) is 24.3 Å². The number of nitrogen functional groups attached to an aromatic ring is 1. The summed E-state index contributed by atoms with van der Waals surface area (Å²) in [5.74, 6) is 0.278. The van der Waals surface area contributed by atoms with Crippen LogP contribution in [0.4, 0.5) is 5.69 Å². The molecule has 1 unspecified atom stereocenters. The van der Waals surface area contributed by atoms with Crippen LogP contribution in [0.2, 0.25) is 0 Å². The number of halogens is 1. The van der Waals surface area contributed by atoms with Crippen LogP contribution in [0.3, 0.4) is 0 Å². The van der Waals surface area contributed by atoms with Crippen molar-refractivity contribution < 1.29 is 4.79 Å². The molecule has 0 aromatic heterocycles. The Labute approximate surface area is 140 Å². The van der Waals surface area contributed by atoms with E-state index < -0.39 is 0 Å². The number of aryl methyl sites for hydroxylation is 1. The summed E-state index contributed by atoms with van der Waals surface area (Å²) < 4.78 is 0. The van der Waals surface area contributed by atoms with Crippen molar-refractivity contribution in [2.24, 2.45) is 5.41 Å². The molecule has 0 aliphatic carbocycles. The maximum Gasteiger partial charge on any atom is 0.222 e. The average molecular weight is 325 g/mol. The summed E-state index contributed by atoms with van der Waals surface area (Å²) in [6, 6.07) is 7.83. The first-order valence-electron chi connectivity index (χ1n) is 8.15. The highest BCUT2D eigenvalue weighted by molar-refractivity contribution is 5.85. The molecule has 2 rings (SSSR count). The predicted octanol–water partition coefficient (Wildman–Crippen LogP) is 4.05. The van der Waals surface area contributed by atoms with Crippen LogP contribution in [0.5, 0.6) is 0 Å². The van der Waals surface area contributed by atoms with Crippen LogP contribution < -0.4 is 5.73 Å². The summed E-state index contributed by atoms with van der Waals surface area (Å²) in [4.78, 5) is 14.5. The number of hydrogen-bond donors (Lipinski definition) is 1. The van der Waals surface area contributed by atoms with Crippen LogP contribution in [0, 0.1) is 5.41 Å². The molecule has 1 atom stereocenters. The highest BCUT2D eigenvalue weighted by Gasteiger charge is 2.31. The first-order chi connectivity index (χ1) is 10.0. The van der Waals surface area contributed by atoms with E-state index in [-0.39, 0.29) is 18.3 Å². The fourth-order valence-corrected chi connectivity index (χ4v) is 3.50. The molecule has 2 N–H and O–H groups in total. The summed E-state index contributed by atoms with van der Waals surface area (Å²) >= 11 is 0. The smallest absolute Gasteiger partial charge is 0.222 e. The number of likely N-dealkylation sites (tertiary alicyclic amines) is 1. The van der Waals surface area contributed by atoms with Gasteiger partial charge in [-0.05, 0) is 42.7 Å². The second-order valence-electron chi connectivity index (χ2n) is 6.68. The molecular formula is C18H29ClN2O. The van der Waals surface area contributed by atoms with Crippen LogP contribution in [0.15, 0.2) is 24.3 Å². The molecular weight excluding hydrogens is 296 g/mol. The third-order valence-electron chi connectivity index (χ3n) is 4.65. The van der Waals surface area contributed by atoms with Gasteiger partial charge in [-0.1, -0.05) is 38.5 Å². The van der Waals surface area contributed by atoms with Crippen molar-refractivity contribution in [3.8, 4) is 0 Å². The van der Waals surface area contributed by atoms with E-state index in [0.717, 1.165) is 37.2 Å². The van der Waals surface area contributed by atoms with Crippen LogP contribution in [0.25, 0.3) is 0 Å². The standard InChI is InChI=1S/C18H28N2O.ClH/c1-3-11-18(2)12-6-13-20(14-18)17(21)10-9-15-7-4-5-8-16(15)19;/h4-5,7-8H,3,6,9-14,19H2,1-2H3;1H. The van der Waals surface area contributed by atoms with E-state index in [1.165, 1.54) is 19.3 Å². The quantitative estimate of drug-likeness (QED) is 0.830. The highest BCUT2D eigenvalue weighted by atomic mass is 35.5. The number of anilines is 1. The number of carbonyl (C=O) groups is 1. The molecule has 1 aromatic carbocycles. The summed E-state index contributed by atoms with van der Waals surface area (Å²) in [6.07, 6.45) is 6.09. The van der Waals surface area contributed by atoms with E-state index in [9.17, 15) is 4.79 Å². The summed E-state index contributed by atoms with van der Waals surface area (Å²) in [5, 5.41) is 0. The van der Waals surface area contributed by atoms with Crippen molar-refractivity contribution in [1.29, 1.82) is 0 Å². The SMILES string of the molecule is CCCC1(C)CCCN(C(=O)CCc2ccccc2N)C1.Cl. The number of nitrogens with zero attached hydrogens (tertiary/aromatic N) is 1. The molecule has 1 aliphatic heterocycles. The minimum Gasteiger partial charge on any atom is -0.399 e. The minimum absolute atomic E-state index is 0. The lowest BCUT2D eigenvalue weighted by Crippen LogP contribution is -2.44. The summed E-state index contributed by atoms with van der Waals surface area (Å²) in [5.41, 5.74) is 8.13. The fourth-order valence-electron chi connectivity index (χ4n) is 3.50. The Hall–Kier alpha value is -1.22. The number of hydrogen-bond acceptors (Lipinski definition) is 2. The van der Waals surface area contributed by atoms with Crippen molar-refractivity contribution in [3.05, 3.63) is 29.8 Å². The Morgan fingerprint density at radius 3 is 2.77 bits per heavy atom. The molecule has 1 fully saturated rings. The van der Waals surface area contributed by atoms with Crippen molar-refractivity contribution in [3.63, 3.8) is 0 Å². The number of para-hydroxylation sites is 1. The second-order valence-corrected chi connectivity index (χ2v) is 6.68. The summed E-state index contributed by atoms with van der Waals surface area (Å²) in [7, 11) is 0. The molecule has 3 nitrogen and oxygen atoms in total. The topological polar surface area (TPSA) is 46.3 Å². The van der Waals surface area contributed by atoms with Crippen molar-refractivity contribution in [2.45, 2.75) is 52.4 Å². The zero-order valence-corrected chi connectivity index (χ0v) is 14.6. The Bertz CT molecular complexity index is 488. The lowest BCUT2D eigenvalue weighted by Gasteiger charge is -2.40. The Morgan fingerprint density at radius 2 is 2.09 bits per heavy atom. The van der Waals surface area contributed by atoms with Crippen LogP contribution >= 0.6 is 12.4 Å². The predicted molar refractivity (Wildman–Crippen MR) is 95.3 cm³/mol. The molecule has 22 heavy (non-hydrogen) atoms. The maximum absolute atomic E-state index is 12.5. The lowest BCUT2D eigenvalue weighted by molar-refractivity contribution is -0.134. The van der Waals surface area contributed by atoms with Gasteiger partial charge in [0, 0.05) is 25.2 Å². The first kappa shape index (κ1) is 18.8. The van der Waals surface area contributed by atoms with Gasteiger partial charge in [-0.2, -0.15) is 0 Å². The maximum atomic E-state index is 12.5. The van der Waals surface area contributed by atoms with Gasteiger partial charge in [0.25, 0.3) is 0 Å². The molecule has 4 heteroatoms. The zero-order chi connectivity index (χ0) is 15.3. The van der Waals surface area contributed by atoms with E-state index in [2.05, 4.69) is 18.7 Å². The van der Waals surface area contributed by atoms with Crippen molar-refractivity contribution in [1.82, 2.24) is 4.90 Å². The molecule has 1 saturated heterocycles. The van der Waals surface area contributed by atoms with Gasteiger partial charge < -0.3 is 10.6 Å². The van der Waals surface area contributed by atoms with Gasteiger partial charge in [0.2, 0.25) is 5.91 Å². The van der Waals surface area contributed by atoms with E-state index in [0.29, 0.717) is 11.8 Å². The molecule has 0 saturated carbocycles. The van der Waals surface area contributed by atoms with Crippen LogP contribution in [0.1, 0.15) is 51.5 Å². The Kier molecular flexibility index (Phi) is 7.21. The monoisotopic (exact) mass is 324 g/mol. The number of rotatable bonds is 5. The van der Waals surface area contributed by atoms with Gasteiger partial charge in [0.1, 0.15) is 0 Å². The molecule has 1 aliphatic rings. The number of amides is 1. The molecule has 124 valence electrons.